The number of methoxy groups -OCH3 is 3. The monoisotopic (exact) mass is 178 g/mol. The van der Waals surface area contributed by atoms with Crippen LogP contribution in [0, 0.1) is 0 Å². The molecule has 1 atom stereocenters. The maximum Gasteiger partial charge on any atom is 0.308 e. The fourth-order valence-corrected chi connectivity index (χ4v) is 0.761. The Labute approximate surface area is 71.2 Å². The van der Waals surface area contributed by atoms with Crippen molar-refractivity contribution in [2.75, 3.05) is 21.3 Å². The predicted octanol–water partition coefficient (Wildman–Crippen LogP) is -0.471. The van der Waals surface area contributed by atoms with Crippen molar-refractivity contribution in [2.45, 2.75) is 18.8 Å². The second-order valence-corrected chi connectivity index (χ2v) is 2.19. The fourth-order valence-electron chi connectivity index (χ4n) is 0.761. The maximum absolute atomic E-state index is 10.7. The van der Waals surface area contributed by atoms with Crippen molar-refractivity contribution < 1.29 is 24.1 Å². The van der Waals surface area contributed by atoms with E-state index >= 15 is 0 Å². The number of aliphatic hydroxyl groups is 1. The number of esters is 1. The van der Waals surface area contributed by atoms with Gasteiger partial charge in [-0.25, -0.2) is 0 Å². The zero-order chi connectivity index (χ0) is 9.56. The lowest BCUT2D eigenvalue weighted by Crippen LogP contribution is -2.32. The Bertz CT molecular complexity index is 132. The lowest BCUT2D eigenvalue weighted by molar-refractivity contribution is -0.174. The van der Waals surface area contributed by atoms with E-state index in [0.29, 0.717) is 0 Å². The zero-order valence-corrected chi connectivity index (χ0v) is 7.44. The third-order valence-electron chi connectivity index (χ3n) is 1.38. The first-order valence-corrected chi connectivity index (χ1v) is 3.46. The normalized spacial score (nSPS) is 13.1. The summed E-state index contributed by atoms with van der Waals surface area (Å²) in [6, 6.07) is 0. The maximum atomic E-state index is 10.7. The number of rotatable bonds is 5. The van der Waals surface area contributed by atoms with Crippen LogP contribution in [-0.4, -0.2) is 44.8 Å². The standard InChI is InChI=1S/C7H14O5/c1-10-6(9)4-5(8)7(11-2)12-3/h5,7-8H,4H2,1-3H3/t5-/m0/s1. The Morgan fingerprint density at radius 1 is 1.33 bits per heavy atom. The molecule has 0 aliphatic heterocycles. The SMILES string of the molecule is COC(=O)C[C@H](O)C(OC)OC. The lowest BCUT2D eigenvalue weighted by atomic mass is 10.2. The van der Waals surface area contributed by atoms with E-state index in [4.69, 9.17) is 9.47 Å². The minimum atomic E-state index is -0.993. The molecule has 0 aromatic rings. The first-order chi connectivity index (χ1) is 5.65. The second kappa shape index (κ2) is 5.93. The number of hydrogen-bond acceptors (Lipinski definition) is 5. The van der Waals surface area contributed by atoms with Crippen molar-refractivity contribution in [3.8, 4) is 0 Å². The molecule has 0 amide bonds. The highest BCUT2D eigenvalue weighted by molar-refractivity contribution is 5.69. The van der Waals surface area contributed by atoms with E-state index in [-0.39, 0.29) is 6.42 Å². The van der Waals surface area contributed by atoms with Crippen molar-refractivity contribution in [2.24, 2.45) is 0 Å². The molecule has 0 aromatic carbocycles. The summed E-state index contributed by atoms with van der Waals surface area (Å²) in [5.74, 6) is -0.499. The Balaban J connectivity index is 3.83. The molecule has 0 aromatic heterocycles. The topological polar surface area (TPSA) is 65.0 Å². The van der Waals surface area contributed by atoms with Crippen LogP contribution < -0.4 is 0 Å². The molecule has 0 saturated heterocycles. The number of ether oxygens (including phenoxy) is 3. The minimum absolute atomic E-state index is 0.136. The highest BCUT2D eigenvalue weighted by Gasteiger charge is 2.21. The molecule has 0 aliphatic carbocycles. The van der Waals surface area contributed by atoms with Crippen molar-refractivity contribution in [3.63, 3.8) is 0 Å². The molecule has 72 valence electrons. The number of carbonyl (C=O) groups excluding carboxylic acids is 1. The Hall–Kier alpha value is -0.650. The van der Waals surface area contributed by atoms with Crippen LogP contribution in [0.4, 0.5) is 0 Å². The van der Waals surface area contributed by atoms with Crippen molar-refractivity contribution in [3.05, 3.63) is 0 Å². The summed E-state index contributed by atoms with van der Waals surface area (Å²) in [5.41, 5.74) is 0. The quantitative estimate of drug-likeness (QED) is 0.455. The smallest absolute Gasteiger partial charge is 0.308 e. The highest BCUT2D eigenvalue weighted by Crippen LogP contribution is 2.04. The summed E-state index contributed by atoms with van der Waals surface area (Å²) in [6.45, 7) is 0. The van der Waals surface area contributed by atoms with Crippen LogP contribution in [0.2, 0.25) is 0 Å². The highest BCUT2D eigenvalue weighted by atomic mass is 16.7. The van der Waals surface area contributed by atoms with Gasteiger partial charge in [-0.3, -0.25) is 4.79 Å². The molecule has 0 heterocycles. The van der Waals surface area contributed by atoms with Gasteiger partial charge >= 0.3 is 5.97 Å². The van der Waals surface area contributed by atoms with Crippen molar-refractivity contribution >= 4 is 5.97 Å². The molecule has 0 bridgehead atoms. The van der Waals surface area contributed by atoms with Crippen LogP contribution in [-0.2, 0) is 19.0 Å². The average molecular weight is 178 g/mol. The van der Waals surface area contributed by atoms with E-state index < -0.39 is 18.4 Å². The summed E-state index contributed by atoms with van der Waals surface area (Å²) >= 11 is 0. The molecule has 0 saturated carbocycles. The third-order valence-corrected chi connectivity index (χ3v) is 1.38. The molecule has 0 aliphatic rings. The van der Waals surface area contributed by atoms with Gasteiger partial charge < -0.3 is 19.3 Å². The molecule has 0 rings (SSSR count). The van der Waals surface area contributed by atoms with Crippen LogP contribution in [0.1, 0.15) is 6.42 Å². The van der Waals surface area contributed by atoms with Gasteiger partial charge in [0, 0.05) is 14.2 Å². The predicted molar refractivity (Wildman–Crippen MR) is 40.4 cm³/mol. The summed E-state index contributed by atoms with van der Waals surface area (Å²) in [7, 11) is 4.02. The third kappa shape index (κ3) is 3.66. The number of carbonyl (C=O) groups is 1. The van der Waals surface area contributed by atoms with E-state index in [9.17, 15) is 9.90 Å². The Kier molecular flexibility index (Phi) is 5.61. The molecule has 0 spiro atoms. The summed E-state index contributed by atoms with van der Waals surface area (Å²) in [6.07, 6.45) is -1.92. The molecular formula is C7H14O5. The van der Waals surface area contributed by atoms with E-state index in [1.54, 1.807) is 0 Å². The Morgan fingerprint density at radius 3 is 2.17 bits per heavy atom. The largest absolute Gasteiger partial charge is 0.469 e. The minimum Gasteiger partial charge on any atom is -0.469 e. The summed E-state index contributed by atoms with van der Waals surface area (Å²) in [4.78, 5) is 10.7. The number of hydrogen-bond donors (Lipinski definition) is 1. The van der Waals surface area contributed by atoms with Gasteiger partial charge in [-0.15, -0.1) is 0 Å². The van der Waals surface area contributed by atoms with Gasteiger partial charge in [-0.05, 0) is 0 Å². The van der Waals surface area contributed by atoms with Crippen molar-refractivity contribution in [1.82, 2.24) is 0 Å². The van der Waals surface area contributed by atoms with E-state index in [0.717, 1.165) is 0 Å². The van der Waals surface area contributed by atoms with E-state index in [1.807, 2.05) is 0 Å². The van der Waals surface area contributed by atoms with Gasteiger partial charge in [0.15, 0.2) is 6.29 Å². The van der Waals surface area contributed by atoms with Gasteiger partial charge in [0.25, 0.3) is 0 Å². The molecule has 0 radical (unpaired) electrons. The van der Waals surface area contributed by atoms with Crippen molar-refractivity contribution in [1.29, 1.82) is 0 Å². The van der Waals surface area contributed by atoms with Crippen LogP contribution in [0.5, 0.6) is 0 Å². The van der Waals surface area contributed by atoms with Gasteiger partial charge in [-0.2, -0.15) is 0 Å². The molecule has 1 N–H and O–H groups in total. The van der Waals surface area contributed by atoms with Crippen LogP contribution in [0.3, 0.4) is 0 Å². The zero-order valence-electron chi connectivity index (χ0n) is 7.44. The van der Waals surface area contributed by atoms with Gasteiger partial charge in [0.05, 0.1) is 13.5 Å². The van der Waals surface area contributed by atoms with Crippen LogP contribution >= 0.6 is 0 Å². The van der Waals surface area contributed by atoms with E-state index in [1.165, 1.54) is 21.3 Å². The molecule has 12 heavy (non-hydrogen) atoms. The van der Waals surface area contributed by atoms with Gasteiger partial charge in [-0.1, -0.05) is 0 Å². The molecule has 5 nitrogen and oxygen atoms in total. The first-order valence-electron chi connectivity index (χ1n) is 3.46. The van der Waals surface area contributed by atoms with Crippen LogP contribution in [0.25, 0.3) is 0 Å². The fraction of sp³-hybridized carbons (Fsp3) is 0.857. The molecule has 0 fully saturated rings. The molecule has 5 heteroatoms. The molecular weight excluding hydrogens is 164 g/mol. The molecule has 0 unspecified atom stereocenters. The van der Waals surface area contributed by atoms with Gasteiger partial charge in [0.1, 0.15) is 6.10 Å². The lowest BCUT2D eigenvalue weighted by Gasteiger charge is -2.18. The second-order valence-electron chi connectivity index (χ2n) is 2.19. The summed E-state index contributed by atoms with van der Waals surface area (Å²) < 4.78 is 13.8. The average Bonchev–Trinajstić information content (AvgIpc) is 2.06. The van der Waals surface area contributed by atoms with Crippen LogP contribution in [0.15, 0.2) is 0 Å². The van der Waals surface area contributed by atoms with Gasteiger partial charge in [0.2, 0.25) is 0 Å². The first kappa shape index (κ1) is 11.4. The summed E-state index contributed by atoms with van der Waals surface area (Å²) in [5, 5.41) is 9.26. The number of aliphatic hydroxyl groups excluding tert-OH is 1. The Morgan fingerprint density at radius 2 is 1.83 bits per heavy atom. The van der Waals surface area contributed by atoms with E-state index in [2.05, 4.69) is 4.74 Å².